The van der Waals surface area contributed by atoms with Crippen molar-refractivity contribution >= 4 is 5.69 Å². The van der Waals surface area contributed by atoms with Gasteiger partial charge in [-0.2, -0.15) is 0 Å². The van der Waals surface area contributed by atoms with Gasteiger partial charge in [-0.15, -0.1) is 0 Å². The van der Waals surface area contributed by atoms with Crippen LogP contribution in [0.1, 0.15) is 32.4 Å². The monoisotopic (exact) mass is 268 g/mol. The van der Waals surface area contributed by atoms with Crippen LogP contribution < -0.4 is 15.2 Å². The Morgan fingerprint density at radius 2 is 1.68 bits per heavy atom. The summed E-state index contributed by atoms with van der Waals surface area (Å²) in [5, 5.41) is 11.2. The van der Waals surface area contributed by atoms with Gasteiger partial charge in [0.15, 0.2) is 11.5 Å². The van der Waals surface area contributed by atoms with E-state index in [1.807, 2.05) is 20.8 Å². The molecule has 0 fully saturated rings. The lowest BCUT2D eigenvalue weighted by Crippen LogP contribution is -2.27. The number of hydrogen-bond acceptors (Lipinski definition) is 5. The van der Waals surface area contributed by atoms with E-state index in [4.69, 9.17) is 15.2 Å². The van der Waals surface area contributed by atoms with Crippen LogP contribution in [0.2, 0.25) is 0 Å². The van der Waals surface area contributed by atoms with Gasteiger partial charge in [0.05, 0.1) is 30.8 Å². The lowest BCUT2D eigenvalue weighted by molar-refractivity contribution is -0.386. The highest BCUT2D eigenvalue weighted by molar-refractivity contribution is 5.55. The first-order valence-electron chi connectivity index (χ1n) is 5.88. The number of nitrogens with two attached hydrogens (primary N) is 1. The molecule has 6 nitrogen and oxygen atoms in total. The second-order valence-corrected chi connectivity index (χ2v) is 5.37. The Morgan fingerprint density at radius 1 is 1.21 bits per heavy atom. The molecule has 0 aliphatic heterocycles. The van der Waals surface area contributed by atoms with Gasteiger partial charge in [0.25, 0.3) is 5.69 Å². The van der Waals surface area contributed by atoms with Crippen LogP contribution >= 0.6 is 0 Å². The largest absolute Gasteiger partial charge is 0.493 e. The Labute approximate surface area is 112 Å². The van der Waals surface area contributed by atoms with Crippen molar-refractivity contribution in [3.8, 4) is 11.5 Å². The van der Waals surface area contributed by atoms with E-state index in [2.05, 4.69) is 0 Å². The summed E-state index contributed by atoms with van der Waals surface area (Å²) in [7, 11) is 2.92. The van der Waals surface area contributed by atoms with Crippen LogP contribution in [-0.2, 0) is 0 Å². The SMILES string of the molecule is COc1cc([C@H](N)C(C)(C)C)c([N+](=O)[O-])cc1OC. The zero-order valence-electron chi connectivity index (χ0n) is 11.9. The Balaban J connectivity index is 3.48. The average molecular weight is 268 g/mol. The minimum absolute atomic E-state index is 0.0555. The molecule has 1 atom stereocenters. The highest BCUT2D eigenvalue weighted by Gasteiger charge is 2.30. The van der Waals surface area contributed by atoms with Gasteiger partial charge in [0.1, 0.15) is 0 Å². The van der Waals surface area contributed by atoms with Crippen LogP contribution in [0, 0.1) is 15.5 Å². The van der Waals surface area contributed by atoms with Gasteiger partial charge in [-0.25, -0.2) is 0 Å². The second kappa shape index (κ2) is 5.44. The Bertz CT molecular complexity index is 480. The van der Waals surface area contributed by atoms with Gasteiger partial charge in [-0.05, 0) is 11.5 Å². The molecule has 2 N–H and O–H groups in total. The molecule has 1 aromatic carbocycles. The maximum Gasteiger partial charge on any atom is 0.278 e. The molecular weight excluding hydrogens is 248 g/mol. The zero-order valence-corrected chi connectivity index (χ0v) is 11.9. The number of methoxy groups -OCH3 is 2. The van der Waals surface area contributed by atoms with E-state index in [0.717, 1.165) is 0 Å². The number of nitro benzene ring substituents is 1. The molecule has 0 aromatic heterocycles. The van der Waals surface area contributed by atoms with Crippen LogP contribution in [0.25, 0.3) is 0 Å². The molecule has 0 spiro atoms. The Kier molecular flexibility index (Phi) is 4.36. The predicted octanol–water partition coefficient (Wildman–Crippen LogP) is 2.66. The number of nitrogens with zero attached hydrogens (tertiary/aromatic N) is 1. The van der Waals surface area contributed by atoms with Crippen molar-refractivity contribution < 1.29 is 14.4 Å². The molecule has 106 valence electrons. The van der Waals surface area contributed by atoms with Crippen LogP contribution in [0.3, 0.4) is 0 Å². The fourth-order valence-corrected chi connectivity index (χ4v) is 1.76. The number of hydrogen-bond donors (Lipinski definition) is 1. The zero-order chi connectivity index (χ0) is 14.8. The highest BCUT2D eigenvalue weighted by atomic mass is 16.6. The van der Waals surface area contributed by atoms with Crippen molar-refractivity contribution in [2.75, 3.05) is 14.2 Å². The quantitative estimate of drug-likeness (QED) is 0.670. The summed E-state index contributed by atoms with van der Waals surface area (Å²) in [4.78, 5) is 10.7. The summed E-state index contributed by atoms with van der Waals surface area (Å²) < 4.78 is 10.2. The van der Waals surface area contributed by atoms with Gasteiger partial charge in [-0.3, -0.25) is 10.1 Å². The van der Waals surface area contributed by atoms with Gasteiger partial charge in [-0.1, -0.05) is 20.8 Å². The third-order valence-electron chi connectivity index (χ3n) is 3.00. The second-order valence-electron chi connectivity index (χ2n) is 5.37. The standard InChI is InChI=1S/C13H20N2O4/c1-13(2,3)12(14)8-6-10(18-4)11(19-5)7-9(8)15(16)17/h6-7,12H,14H2,1-5H3/t12-/m0/s1. The minimum atomic E-state index is -0.479. The predicted molar refractivity (Wildman–Crippen MR) is 72.6 cm³/mol. The maximum absolute atomic E-state index is 11.2. The molecule has 0 bridgehead atoms. The van der Waals surface area contributed by atoms with Gasteiger partial charge in [0.2, 0.25) is 0 Å². The molecule has 19 heavy (non-hydrogen) atoms. The summed E-state index contributed by atoms with van der Waals surface area (Å²) in [6.45, 7) is 5.79. The third-order valence-corrected chi connectivity index (χ3v) is 3.00. The maximum atomic E-state index is 11.2. The number of rotatable bonds is 4. The van der Waals surface area contributed by atoms with E-state index in [1.54, 1.807) is 6.07 Å². The van der Waals surface area contributed by atoms with Crippen LogP contribution in [0.15, 0.2) is 12.1 Å². The molecule has 1 aromatic rings. The Morgan fingerprint density at radius 3 is 2.05 bits per heavy atom. The molecule has 0 radical (unpaired) electrons. The number of nitro groups is 1. The lowest BCUT2D eigenvalue weighted by atomic mass is 9.82. The van der Waals surface area contributed by atoms with E-state index in [9.17, 15) is 10.1 Å². The van der Waals surface area contributed by atoms with Gasteiger partial charge < -0.3 is 15.2 Å². The first-order chi connectivity index (χ1) is 8.72. The van der Waals surface area contributed by atoms with Gasteiger partial charge >= 0.3 is 0 Å². The molecule has 0 saturated carbocycles. The van der Waals surface area contributed by atoms with E-state index >= 15 is 0 Å². The summed E-state index contributed by atoms with van der Waals surface area (Å²) in [5.41, 5.74) is 6.21. The van der Waals surface area contributed by atoms with E-state index in [0.29, 0.717) is 17.1 Å². The lowest BCUT2D eigenvalue weighted by Gasteiger charge is -2.27. The molecule has 0 aliphatic rings. The van der Waals surface area contributed by atoms with Gasteiger partial charge in [0, 0.05) is 6.04 Å². The summed E-state index contributed by atoms with van der Waals surface area (Å²) in [6.07, 6.45) is 0. The van der Waals surface area contributed by atoms with E-state index < -0.39 is 11.0 Å². The van der Waals surface area contributed by atoms with Crippen molar-refractivity contribution in [1.82, 2.24) is 0 Å². The first-order valence-corrected chi connectivity index (χ1v) is 5.88. The van der Waals surface area contributed by atoms with Crippen molar-refractivity contribution in [2.24, 2.45) is 11.1 Å². The molecular formula is C13H20N2O4. The highest BCUT2D eigenvalue weighted by Crippen LogP contribution is 2.41. The third kappa shape index (κ3) is 3.14. The van der Waals surface area contributed by atoms with Crippen LogP contribution in [0.5, 0.6) is 11.5 Å². The minimum Gasteiger partial charge on any atom is -0.493 e. The van der Waals surface area contributed by atoms with E-state index in [1.165, 1.54) is 20.3 Å². The summed E-state index contributed by atoms with van der Waals surface area (Å²) in [5.74, 6) is 0.752. The molecule has 0 heterocycles. The fraction of sp³-hybridized carbons (Fsp3) is 0.538. The van der Waals surface area contributed by atoms with Crippen LogP contribution in [-0.4, -0.2) is 19.1 Å². The molecule has 0 unspecified atom stereocenters. The van der Waals surface area contributed by atoms with Crippen molar-refractivity contribution in [3.63, 3.8) is 0 Å². The Hall–Kier alpha value is -1.82. The summed E-state index contributed by atoms with van der Waals surface area (Å²) in [6, 6.07) is 2.44. The molecule has 0 aliphatic carbocycles. The number of ether oxygens (including phenoxy) is 2. The van der Waals surface area contributed by atoms with Crippen molar-refractivity contribution in [1.29, 1.82) is 0 Å². The normalized spacial score (nSPS) is 12.9. The molecule has 1 rings (SSSR count). The molecule has 0 amide bonds. The molecule has 0 saturated heterocycles. The average Bonchev–Trinajstić information content (AvgIpc) is 2.34. The van der Waals surface area contributed by atoms with Crippen LogP contribution in [0.4, 0.5) is 5.69 Å². The van der Waals surface area contributed by atoms with E-state index in [-0.39, 0.29) is 11.1 Å². The topological polar surface area (TPSA) is 87.6 Å². The fourth-order valence-electron chi connectivity index (χ4n) is 1.76. The summed E-state index contributed by atoms with van der Waals surface area (Å²) >= 11 is 0. The smallest absolute Gasteiger partial charge is 0.278 e. The first kappa shape index (κ1) is 15.2. The van der Waals surface area contributed by atoms with Crippen molar-refractivity contribution in [2.45, 2.75) is 26.8 Å². The van der Waals surface area contributed by atoms with Crippen molar-refractivity contribution in [3.05, 3.63) is 27.8 Å². The molecule has 6 heteroatoms. The number of benzene rings is 1.